The summed E-state index contributed by atoms with van der Waals surface area (Å²) in [4.78, 5) is 34.0. The Morgan fingerprint density at radius 1 is 1.10 bits per heavy atom. The molecule has 0 aliphatic heterocycles. The molecule has 0 aromatic carbocycles. The topological polar surface area (TPSA) is 135 Å². The minimum Gasteiger partial charge on any atom is -0.465 e. The van der Waals surface area contributed by atoms with Crippen LogP contribution in [0.3, 0.4) is 0 Å². The van der Waals surface area contributed by atoms with E-state index in [9.17, 15) is 19.1 Å². The van der Waals surface area contributed by atoms with Crippen molar-refractivity contribution < 1.29 is 23.8 Å². The Kier molecular flexibility index (Phi) is 10.6. The van der Waals surface area contributed by atoms with Crippen LogP contribution in [0, 0.1) is 11.7 Å². The normalized spacial score (nSPS) is 18.9. The van der Waals surface area contributed by atoms with E-state index in [0.29, 0.717) is 30.5 Å². The van der Waals surface area contributed by atoms with Gasteiger partial charge in [-0.2, -0.15) is 5.10 Å². The van der Waals surface area contributed by atoms with Gasteiger partial charge in [0.15, 0.2) is 5.82 Å². The van der Waals surface area contributed by atoms with Gasteiger partial charge in [0, 0.05) is 43.5 Å². The van der Waals surface area contributed by atoms with Gasteiger partial charge in [-0.25, -0.2) is 23.9 Å². The number of nitrogens with one attached hydrogen (secondary N) is 2. The van der Waals surface area contributed by atoms with E-state index in [1.807, 2.05) is 32.5 Å². The number of amides is 2. The summed E-state index contributed by atoms with van der Waals surface area (Å²) in [6.07, 6.45) is 11.3. The van der Waals surface area contributed by atoms with Crippen LogP contribution in [0.25, 0.3) is 11.3 Å². The summed E-state index contributed by atoms with van der Waals surface area (Å²) in [6.45, 7) is 6.52. The van der Waals surface area contributed by atoms with Crippen LogP contribution in [-0.2, 0) is 18.2 Å². The number of halogens is 1. The van der Waals surface area contributed by atoms with Crippen molar-refractivity contribution in [2.75, 3.05) is 18.4 Å². The SMILES string of the molecule is Cn1ncc(-c2nc(NC3CCC(N(CCCCCCNC(=O)OC(C)(C)C)C(=O)O)CC3)ncc2F)c1CC1CC1. The molecule has 0 spiro atoms. The molecule has 2 saturated carbocycles. The van der Waals surface area contributed by atoms with E-state index in [4.69, 9.17) is 4.74 Å². The second-order valence-electron chi connectivity index (χ2n) is 12.6. The number of aromatic nitrogens is 4. The summed E-state index contributed by atoms with van der Waals surface area (Å²) in [6, 6.07) is 0.0620. The number of anilines is 1. The third kappa shape index (κ3) is 9.29. The lowest BCUT2D eigenvalue weighted by Gasteiger charge is -2.35. The lowest BCUT2D eigenvalue weighted by atomic mass is 9.90. The number of aryl methyl sites for hydroxylation is 1. The van der Waals surface area contributed by atoms with Crippen molar-refractivity contribution in [3.05, 3.63) is 23.9 Å². The van der Waals surface area contributed by atoms with Gasteiger partial charge in [0.05, 0.1) is 12.4 Å². The van der Waals surface area contributed by atoms with Crippen molar-refractivity contribution in [2.24, 2.45) is 13.0 Å². The number of hydrogen-bond donors (Lipinski definition) is 3. The number of hydrogen-bond acceptors (Lipinski definition) is 7. The number of rotatable bonds is 13. The first-order valence-corrected chi connectivity index (χ1v) is 15.3. The van der Waals surface area contributed by atoms with Crippen molar-refractivity contribution in [1.29, 1.82) is 0 Å². The van der Waals surface area contributed by atoms with Crippen LogP contribution < -0.4 is 10.6 Å². The Hall–Kier alpha value is -3.44. The van der Waals surface area contributed by atoms with E-state index in [-0.39, 0.29) is 17.8 Å². The Morgan fingerprint density at radius 3 is 2.48 bits per heavy atom. The van der Waals surface area contributed by atoms with Crippen LogP contribution in [0.2, 0.25) is 0 Å². The lowest BCUT2D eigenvalue weighted by Crippen LogP contribution is -2.44. The molecular weight excluding hydrogens is 541 g/mol. The molecule has 0 saturated heterocycles. The van der Waals surface area contributed by atoms with Gasteiger partial charge in [0.1, 0.15) is 11.3 Å². The highest BCUT2D eigenvalue weighted by Gasteiger charge is 2.30. The standard InChI is InChI=1S/C30H46FN7O4/c1-30(2,3)42-28(39)32-15-7-5-6-8-16-38(29(40)41)22-13-11-21(12-14-22)35-27-33-19-24(31)26(36-27)23-18-34-37(4)25(23)17-20-9-10-20/h18-22H,5-17H2,1-4H3,(H,32,39)(H,40,41)(H,33,35,36). The van der Waals surface area contributed by atoms with E-state index < -0.39 is 23.6 Å². The first kappa shape index (κ1) is 31.5. The van der Waals surface area contributed by atoms with Crippen LogP contribution in [-0.4, -0.2) is 72.7 Å². The van der Waals surface area contributed by atoms with Crippen molar-refractivity contribution in [3.8, 4) is 11.3 Å². The van der Waals surface area contributed by atoms with Gasteiger partial charge in [-0.15, -0.1) is 0 Å². The van der Waals surface area contributed by atoms with Crippen molar-refractivity contribution in [1.82, 2.24) is 30.0 Å². The van der Waals surface area contributed by atoms with Gasteiger partial charge in [-0.1, -0.05) is 12.8 Å². The van der Waals surface area contributed by atoms with E-state index in [0.717, 1.165) is 63.5 Å². The van der Waals surface area contributed by atoms with E-state index in [1.165, 1.54) is 19.0 Å². The van der Waals surface area contributed by atoms with Crippen molar-refractivity contribution >= 4 is 18.1 Å². The Bertz CT molecular complexity index is 1200. The molecule has 2 aromatic rings. The Morgan fingerprint density at radius 2 is 1.81 bits per heavy atom. The summed E-state index contributed by atoms with van der Waals surface area (Å²) in [7, 11) is 1.88. The molecule has 2 fully saturated rings. The first-order valence-electron chi connectivity index (χ1n) is 15.3. The van der Waals surface area contributed by atoms with E-state index >= 15 is 0 Å². The first-order chi connectivity index (χ1) is 20.0. The molecule has 4 rings (SSSR count). The molecule has 3 N–H and O–H groups in total. The number of unbranched alkanes of at least 4 members (excludes halogenated alkanes) is 3. The molecule has 0 unspecified atom stereocenters. The fourth-order valence-electron chi connectivity index (χ4n) is 5.54. The fraction of sp³-hybridized carbons (Fsp3) is 0.700. The second-order valence-corrected chi connectivity index (χ2v) is 12.6. The van der Waals surface area contributed by atoms with Gasteiger partial charge >= 0.3 is 12.2 Å². The third-order valence-corrected chi connectivity index (χ3v) is 7.95. The molecule has 2 heterocycles. The average Bonchev–Trinajstić information content (AvgIpc) is 3.67. The van der Waals surface area contributed by atoms with Crippen LogP contribution >= 0.6 is 0 Å². The van der Waals surface area contributed by atoms with E-state index in [2.05, 4.69) is 25.7 Å². The third-order valence-electron chi connectivity index (χ3n) is 7.95. The molecule has 0 bridgehead atoms. The fourth-order valence-corrected chi connectivity index (χ4v) is 5.54. The number of nitrogens with zero attached hydrogens (tertiary/aromatic N) is 5. The zero-order valence-corrected chi connectivity index (χ0v) is 25.4. The van der Waals surface area contributed by atoms with Crippen molar-refractivity contribution in [2.45, 2.75) is 109 Å². The molecule has 2 aromatic heterocycles. The van der Waals surface area contributed by atoms with Gasteiger partial charge in [-0.3, -0.25) is 4.68 Å². The molecule has 12 heteroatoms. The number of ether oxygens (including phenoxy) is 1. The maximum Gasteiger partial charge on any atom is 0.407 e. The summed E-state index contributed by atoms with van der Waals surface area (Å²) in [5.41, 5.74) is 1.46. The van der Waals surface area contributed by atoms with Crippen LogP contribution in [0.1, 0.15) is 90.7 Å². The summed E-state index contributed by atoms with van der Waals surface area (Å²) in [5, 5.41) is 20.3. The smallest absolute Gasteiger partial charge is 0.407 e. The van der Waals surface area contributed by atoms with Crippen LogP contribution in [0.15, 0.2) is 12.4 Å². The van der Waals surface area contributed by atoms with Crippen molar-refractivity contribution in [3.63, 3.8) is 0 Å². The monoisotopic (exact) mass is 587 g/mol. The number of carboxylic acid groups (broad SMARTS) is 1. The van der Waals surface area contributed by atoms with Gasteiger partial charge in [0.25, 0.3) is 0 Å². The highest BCUT2D eigenvalue weighted by molar-refractivity contribution is 5.67. The molecule has 2 aliphatic rings. The molecule has 0 atom stereocenters. The zero-order chi connectivity index (χ0) is 30.3. The van der Waals surface area contributed by atoms with Gasteiger partial charge in [0.2, 0.25) is 5.95 Å². The molecule has 232 valence electrons. The summed E-state index contributed by atoms with van der Waals surface area (Å²) in [5.74, 6) is 0.549. The van der Waals surface area contributed by atoms with Gasteiger partial charge < -0.3 is 25.4 Å². The largest absolute Gasteiger partial charge is 0.465 e. The Balaban J connectivity index is 1.21. The minimum absolute atomic E-state index is 0.0283. The van der Waals surface area contributed by atoms with Crippen LogP contribution in [0.4, 0.5) is 19.9 Å². The number of carbonyl (C=O) groups is 2. The second kappa shape index (κ2) is 14.2. The number of carbonyl (C=O) groups excluding carboxylic acids is 1. The lowest BCUT2D eigenvalue weighted by molar-refractivity contribution is 0.0526. The molecule has 2 aliphatic carbocycles. The molecule has 0 radical (unpaired) electrons. The predicted molar refractivity (Wildman–Crippen MR) is 158 cm³/mol. The predicted octanol–water partition coefficient (Wildman–Crippen LogP) is 5.76. The highest BCUT2D eigenvalue weighted by Crippen LogP contribution is 2.36. The molecule has 2 amide bonds. The quantitative estimate of drug-likeness (QED) is 0.252. The zero-order valence-electron chi connectivity index (χ0n) is 25.4. The maximum absolute atomic E-state index is 14.8. The van der Waals surface area contributed by atoms with E-state index in [1.54, 1.807) is 11.1 Å². The molecule has 11 nitrogen and oxygen atoms in total. The average molecular weight is 588 g/mol. The maximum atomic E-state index is 14.8. The molecular formula is C30H46FN7O4. The Labute approximate surface area is 247 Å². The summed E-state index contributed by atoms with van der Waals surface area (Å²) < 4.78 is 21.8. The molecule has 42 heavy (non-hydrogen) atoms. The van der Waals surface area contributed by atoms with Gasteiger partial charge in [-0.05, 0) is 84.5 Å². The summed E-state index contributed by atoms with van der Waals surface area (Å²) >= 11 is 0. The van der Waals surface area contributed by atoms with Crippen LogP contribution in [0.5, 0.6) is 0 Å². The number of alkyl carbamates (subject to hydrolysis) is 1. The highest BCUT2D eigenvalue weighted by atomic mass is 19.1. The minimum atomic E-state index is -0.886.